The summed E-state index contributed by atoms with van der Waals surface area (Å²) in [6.45, 7) is 6.67. The Balaban J connectivity index is 1.96. The van der Waals surface area contributed by atoms with Crippen LogP contribution < -0.4 is 5.32 Å². The van der Waals surface area contributed by atoms with Gasteiger partial charge in [0.15, 0.2) is 0 Å². The number of nitrogens with one attached hydrogen (secondary N) is 1. The van der Waals surface area contributed by atoms with Gasteiger partial charge in [-0.25, -0.2) is 0 Å². The summed E-state index contributed by atoms with van der Waals surface area (Å²) in [6.07, 6.45) is 1.07. The van der Waals surface area contributed by atoms with E-state index in [0.29, 0.717) is 12.1 Å². The van der Waals surface area contributed by atoms with Gasteiger partial charge in [0.1, 0.15) is 0 Å². The topological polar surface area (TPSA) is 12.0 Å². The lowest BCUT2D eigenvalue weighted by atomic mass is 10.0. The Morgan fingerprint density at radius 2 is 1.53 bits per heavy atom. The third-order valence-electron chi connectivity index (χ3n) is 3.57. The van der Waals surface area contributed by atoms with E-state index in [9.17, 15) is 0 Å². The van der Waals surface area contributed by atoms with Crippen LogP contribution in [0, 0.1) is 6.92 Å². The summed E-state index contributed by atoms with van der Waals surface area (Å²) < 4.78 is 0. The van der Waals surface area contributed by atoms with Crippen molar-refractivity contribution in [1.82, 2.24) is 5.32 Å². The first-order chi connectivity index (χ1) is 9.16. The van der Waals surface area contributed by atoms with E-state index in [1.165, 1.54) is 16.7 Å². The number of rotatable bonds is 5. The summed E-state index contributed by atoms with van der Waals surface area (Å²) in [6, 6.07) is 20.1. The highest BCUT2D eigenvalue weighted by atomic mass is 14.9. The van der Waals surface area contributed by atoms with Crippen LogP contribution >= 0.6 is 0 Å². The Kier molecular flexibility index (Phi) is 4.75. The minimum Gasteiger partial charge on any atom is -0.307 e. The predicted octanol–water partition coefficient (Wildman–Crippen LogP) is 4.28. The van der Waals surface area contributed by atoms with E-state index < -0.39 is 0 Å². The van der Waals surface area contributed by atoms with Crippen molar-refractivity contribution >= 4 is 0 Å². The molecule has 0 heterocycles. The molecule has 2 aromatic rings. The number of hydrogen-bond donors (Lipinski definition) is 1. The molecule has 0 saturated carbocycles. The molecule has 1 N–H and O–H groups in total. The largest absolute Gasteiger partial charge is 0.307 e. The minimum atomic E-state index is 0.389. The third kappa shape index (κ3) is 3.93. The molecule has 100 valence electrons. The zero-order valence-corrected chi connectivity index (χ0v) is 12.1. The van der Waals surface area contributed by atoms with Gasteiger partial charge >= 0.3 is 0 Å². The van der Waals surface area contributed by atoms with Crippen molar-refractivity contribution in [1.29, 1.82) is 0 Å². The summed E-state index contributed by atoms with van der Waals surface area (Å²) in [7, 11) is 0. The molecule has 2 atom stereocenters. The van der Waals surface area contributed by atoms with Gasteiger partial charge in [-0.3, -0.25) is 0 Å². The van der Waals surface area contributed by atoms with E-state index in [0.717, 1.165) is 6.42 Å². The van der Waals surface area contributed by atoms with Gasteiger partial charge in [0, 0.05) is 12.1 Å². The highest BCUT2D eigenvalue weighted by molar-refractivity contribution is 5.28. The highest BCUT2D eigenvalue weighted by Crippen LogP contribution is 2.17. The third-order valence-corrected chi connectivity index (χ3v) is 3.57. The van der Waals surface area contributed by atoms with Gasteiger partial charge in [-0.1, -0.05) is 54.6 Å². The molecule has 1 heteroatoms. The molecular weight excluding hydrogens is 230 g/mol. The van der Waals surface area contributed by atoms with Gasteiger partial charge in [0.2, 0.25) is 0 Å². The molecule has 0 saturated heterocycles. The van der Waals surface area contributed by atoms with Crippen molar-refractivity contribution < 1.29 is 0 Å². The maximum atomic E-state index is 3.69. The van der Waals surface area contributed by atoms with Crippen molar-refractivity contribution in [3.8, 4) is 0 Å². The summed E-state index contributed by atoms with van der Waals surface area (Å²) in [4.78, 5) is 0. The quantitative estimate of drug-likeness (QED) is 0.838. The van der Waals surface area contributed by atoms with Crippen LogP contribution in [-0.2, 0) is 6.42 Å². The molecule has 2 aromatic carbocycles. The first kappa shape index (κ1) is 13.8. The Labute approximate surface area is 116 Å². The highest BCUT2D eigenvalue weighted by Gasteiger charge is 2.11. The second-order valence-corrected chi connectivity index (χ2v) is 5.34. The SMILES string of the molecule is Cc1ccccc1[C@H](C)NC(C)Cc1ccccc1. The average molecular weight is 253 g/mol. The maximum Gasteiger partial charge on any atom is 0.0296 e. The van der Waals surface area contributed by atoms with Crippen LogP contribution in [0.25, 0.3) is 0 Å². The van der Waals surface area contributed by atoms with Gasteiger partial charge in [0.05, 0.1) is 0 Å². The minimum absolute atomic E-state index is 0.389. The second kappa shape index (κ2) is 6.53. The molecule has 1 nitrogen and oxygen atoms in total. The summed E-state index contributed by atoms with van der Waals surface area (Å²) >= 11 is 0. The van der Waals surface area contributed by atoms with E-state index in [1.54, 1.807) is 0 Å². The Morgan fingerprint density at radius 1 is 0.895 bits per heavy atom. The lowest BCUT2D eigenvalue weighted by Crippen LogP contribution is -2.31. The maximum absolute atomic E-state index is 3.69. The van der Waals surface area contributed by atoms with Crippen LogP contribution in [0.4, 0.5) is 0 Å². The van der Waals surface area contributed by atoms with Crippen molar-refractivity contribution in [2.45, 2.75) is 39.3 Å². The molecular formula is C18H23N. The smallest absolute Gasteiger partial charge is 0.0296 e. The van der Waals surface area contributed by atoms with Crippen LogP contribution in [0.1, 0.15) is 36.6 Å². The molecule has 0 fully saturated rings. The van der Waals surface area contributed by atoms with Gasteiger partial charge in [0.25, 0.3) is 0 Å². The monoisotopic (exact) mass is 253 g/mol. The van der Waals surface area contributed by atoms with Gasteiger partial charge in [-0.15, -0.1) is 0 Å². The summed E-state index contributed by atoms with van der Waals surface area (Å²) in [5.74, 6) is 0. The summed E-state index contributed by atoms with van der Waals surface area (Å²) in [5.41, 5.74) is 4.14. The molecule has 0 aliphatic rings. The lowest BCUT2D eigenvalue weighted by molar-refractivity contribution is 0.476. The Hall–Kier alpha value is -1.60. The van der Waals surface area contributed by atoms with E-state index >= 15 is 0 Å². The zero-order chi connectivity index (χ0) is 13.7. The zero-order valence-electron chi connectivity index (χ0n) is 12.1. The van der Waals surface area contributed by atoms with Gasteiger partial charge in [-0.05, 0) is 43.9 Å². The van der Waals surface area contributed by atoms with Gasteiger partial charge in [-0.2, -0.15) is 0 Å². The molecule has 19 heavy (non-hydrogen) atoms. The number of hydrogen-bond acceptors (Lipinski definition) is 1. The van der Waals surface area contributed by atoms with Crippen LogP contribution in [-0.4, -0.2) is 6.04 Å². The van der Waals surface area contributed by atoms with Crippen molar-refractivity contribution in [3.63, 3.8) is 0 Å². The van der Waals surface area contributed by atoms with Crippen molar-refractivity contribution in [3.05, 3.63) is 71.3 Å². The first-order valence-corrected chi connectivity index (χ1v) is 7.02. The number of benzene rings is 2. The van der Waals surface area contributed by atoms with Crippen LogP contribution in [0.2, 0.25) is 0 Å². The fraction of sp³-hybridized carbons (Fsp3) is 0.333. The van der Waals surface area contributed by atoms with E-state index in [2.05, 4.69) is 80.7 Å². The predicted molar refractivity (Wildman–Crippen MR) is 82.3 cm³/mol. The molecule has 0 amide bonds. The summed E-state index contributed by atoms with van der Waals surface area (Å²) in [5, 5.41) is 3.69. The molecule has 0 aliphatic carbocycles. The Morgan fingerprint density at radius 3 is 2.21 bits per heavy atom. The molecule has 1 unspecified atom stereocenters. The molecule has 0 spiro atoms. The molecule has 0 aliphatic heterocycles. The van der Waals surface area contributed by atoms with E-state index in [4.69, 9.17) is 0 Å². The molecule has 2 rings (SSSR count). The normalized spacial score (nSPS) is 14.1. The fourth-order valence-electron chi connectivity index (χ4n) is 2.62. The standard InChI is InChI=1S/C18H23N/c1-14-9-7-8-12-18(14)16(3)19-15(2)13-17-10-5-4-6-11-17/h4-12,15-16,19H,13H2,1-3H3/t15?,16-/m0/s1. The van der Waals surface area contributed by atoms with Crippen LogP contribution in [0.3, 0.4) is 0 Å². The lowest BCUT2D eigenvalue weighted by Gasteiger charge is -2.22. The molecule has 0 bridgehead atoms. The van der Waals surface area contributed by atoms with E-state index in [1.807, 2.05) is 0 Å². The van der Waals surface area contributed by atoms with Crippen LogP contribution in [0.5, 0.6) is 0 Å². The first-order valence-electron chi connectivity index (χ1n) is 7.02. The second-order valence-electron chi connectivity index (χ2n) is 5.34. The van der Waals surface area contributed by atoms with Crippen molar-refractivity contribution in [2.75, 3.05) is 0 Å². The van der Waals surface area contributed by atoms with Crippen molar-refractivity contribution in [2.24, 2.45) is 0 Å². The molecule has 0 aromatic heterocycles. The molecule has 0 radical (unpaired) electrons. The average Bonchev–Trinajstić information content (AvgIpc) is 2.40. The van der Waals surface area contributed by atoms with Crippen LogP contribution in [0.15, 0.2) is 54.6 Å². The van der Waals surface area contributed by atoms with Gasteiger partial charge < -0.3 is 5.32 Å². The number of aryl methyl sites for hydroxylation is 1. The fourth-order valence-corrected chi connectivity index (χ4v) is 2.62. The van der Waals surface area contributed by atoms with E-state index in [-0.39, 0.29) is 0 Å². The Bertz CT molecular complexity index is 504.